The molecule has 1 aliphatic rings. The zero-order valence-electron chi connectivity index (χ0n) is 42.6. The van der Waals surface area contributed by atoms with Crippen LogP contribution in [0.1, 0.15) is 154 Å². The van der Waals surface area contributed by atoms with Crippen LogP contribution in [0.25, 0.3) is 0 Å². The highest BCUT2D eigenvalue weighted by Crippen LogP contribution is 2.60. The number of aromatic nitrogens is 2. The number of nitrogens with two attached hydrogens (primary N) is 1. The molecule has 1 aromatic heterocycles. The third kappa shape index (κ3) is 32.7. The number of esters is 2. The Hall–Kier alpha value is -4.10. The summed E-state index contributed by atoms with van der Waals surface area (Å²) in [5.41, 5.74) is 4.57. The number of anilines is 1. The molecule has 0 aromatic carbocycles. The largest absolute Gasteiger partial charge is 0.481 e. The van der Waals surface area contributed by atoms with E-state index in [1.54, 1.807) is 0 Å². The Labute approximate surface area is 431 Å². The van der Waals surface area contributed by atoms with Crippen molar-refractivity contribution in [2.75, 3.05) is 32.2 Å². The van der Waals surface area contributed by atoms with Crippen LogP contribution in [0.3, 0.4) is 0 Å². The molecule has 0 amide bonds. The third-order valence-electron chi connectivity index (χ3n) is 11.0. The molecular weight excluding hydrogens is 985 g/mol. The van der Waals surface area contributed by atoms with E-state index in [1.165, 1.54) is 44.6 Å². The maximum Gasteiger partial charge on any atom is 0.481 e. The monoisotopic (exact) mass is 1070 g/mol. The Balaban J connectivity index is 1.85. The topological polar surface area (TPSA) is 286 Å². The van der Waals surface area contributed by atoms with Crippen LogP contribution in [0.4, 0.5) is 5.82 Å². The lowest BCUT2D eigenvalue weighted by atomic mass is 10.1. The summed E-state index contributed by atoms with van der Waals surface area (Å²) < 4.78 is 56.6. The summed E-state index contributed by atoms with van der Waals surface area (Å²) in [6.45, 7) is 0.0383. The summed E-state index contributed by atoms with van der Waals surface area (Å²) in [4.78, 5) is 61.9. The SMILES string of the molecule is CCCCCCCC/C=C\C/C=C\C/C=C\CCCC(=O)OC[C@H](COP(=O)(O)OP(=O)(O)OC[C@H]1O[C@@H](n2ccc(N)nc2=O)[C@H](O)[C@@H]1O)OC(=O)CCC/C=C\C/C=C\C/C=C\C/C=C\CCCCCO. The first-order chi connectivity index (χ1) is 35.2. The molecule has 0 bridgehead atoms. The van der Waals surface area contributed by atoms with E-state index in [0.29, 0.717) is 32.1 Å². The number of nitrogen functional groups attached to an aromatic ring is 1. The fourth-order valence-electron chi connectivity index (χ4n) is 7.01. The molecule has 0 aliphatic carbocycles. The van der Waals surface area contributed by atoms with Crippen molar-refractivity contribution in [1.82, 2.24) is 9.55 Å². The van der Waals surface area contributed by atoms with Gasteiger partial charge in [-0.2, -0.15) is 9.29 Å². The number of carbonyl (C=O) groups is 2. The Morgan fingerprint density at radius 3 is 1.70 bits per heavy atom. The van der Waals surface area contributed by atoms with Crippen molar-refractivity contribution in [2.45, 2.75) is 179 Å². The van der Waals surface area contributed by atoms with Gasteiger partial charge >= 0.3 is 33.3 Å². The average Bonchev–Trinajstić information content (AvgIpc) is 3.63. The number of hydrogen-bond acceptors (Lipinski definition) is 16. The van der Waals surface area contributed by atoms with Crippen LogP contribution in [0.2, 0.25) is 0 Å². The second-order valence-electron chi connectivity index (χ2n) is 17.4. The van der Waals surface area contributed by atoms with Crippen molar-refractivity contribution in [3.63, 3.8) is 0 Å². The number of nitrogens with zero attached hydrogens (tertiary/aromatic N) is 2. The second-order valence-corrected chi connectivity index (χ2v) is 20.4. The van der Waals surface area contributed by atoms with E-state index < -0.39 is 83.7 Å². The first-order valence-electron chi connectivity index (χ1n) is 25.7. The summed E-state index contributed by atoms with van der Waals surface area (Å²) in [6, 6.07) is 1.24. The molecule has 7 N–H and O–H groups in total. The predicted octanol–water partition coefficient (Wildman–Crippen LogP) is 9.64. The molecule has 1 saturated heterocycles. The Morgan fingerprint density at radius 2 is 1.16 bits per heavy atom. The van der Waals surface area contributed by atoms with Gasteiger partial charge in [0.15, 0.2) is 12.3 Å². The molecule has 73 heavy (non-hydrogen) atoms. The standard InChI is InChI=1S/C52H83N3O16P2/c1-2-3-4-5-6-7-8-9-10-12-15-18-21-24-27-30-33-36-47(57)66-41-44(69-48(58)37-34-31-28-25-22-19-16-13-11-14-17-20-23-26-29-32-35-40-56)42-67-72(62,63)71-73(64,65)68-43-45-49(59)50(60)51(70-45)55-39-38-46(53)54-52(55)61/h9-11,14-16,18-20,23-25,27-28,38-39,44-45,49-51,56,59-60H,2-8,12-13,17,21-22,26,29-37,40-43H2,1H3,(H,62,63)(H,64,65)(H2,53,54,61)/b10-9-,14-11-,18-15-,19-16-,23-20-,27-24-,28-25-/t44-,45-,49-,50-,51-/m1/s1. The van der Waals surface area contributed by atoms with Gasteiger partial charge in [0.05, 0.1) is 13.2 Å². The highest BCUT2D eigenvalue weighted by molar-refractivity contribution is 7.61. The number of aliphatic hydroxyl groups is 3. The van der Waals surface area contributed by atoms with Crippen molar-refractivity contribution in [3.05, 3.63) is 108 Å². The van der Waals surface area contributed by atoms with Gasteiger partial charge in [0.1, 0.15) is 30.7 Å². The molecule has 0 radical (unpaired) electrons. The zero-order chi connectivity index (χ0) is 53.4. The summed E-state index contributed by atoms with van der Waals surface area (Å²) >= 11 is 0. The normalized spacial score (nSPS) is 19.6. The number of aliphatic hydroxyl groups excluding tert-OH is 3. The van der Waals surface area contributed by atoms with Gasteiger partial charge in [-0.05, 0) is 96.0 Å². The number of ether oxygens (including phenoxy) is 3. The van der Waals surface area contributed by atoms with E-state index in [2.05, 4.69) is 70.9 Å². The van der Waals surface area contributed by atoms with Gasteiger partial charge in [0, 0.05) is 25.6 Å². The van der Waals surface area contributed by atoms with E-state index in [9.17, 15) is 43.5 Å². The number of allylic oxidation sites excluding steroid dienone is 14. The molecule has 1 aliphatic heterocycles. The molecule has 0 saturated carbocycles. The lowest BCUT2D eigenvalue weighted by molar-refractivity contribution is -0.161. The van der Waals surface area contributed by atoms with E-state index in [1.807, 2.05) is 30.4 Å². The Morgan fingerprint density at radius 1 is 0.685 bits per heavy atom. The van der Waals surface area contributed by atoms with Crippen molar-refractivity contribution >= 4 is 33.4 Å². The molecule has 1 aromatic rings. The van der Waals surface area contributed by atoms with Gasteiger partial charge in [-0.25, -0.2) is 13.9 Å². The van der Waals surface area contributed by atoms with Crippen molar-refractivity contribution in [1.29, 1.82) is 0 Å². The van der Waals surface area contributed by atoms with E-state index in [0.717, 1.165) is 68.6 Å². The molecule has 2 unspecified atom stereocenters. The van der Waals surface area contributed by atoms with Crippen LogP contribution in [-0.4, -0.2) is 97.4 Å². The lowest BCUT2D eigenvalue weighted by Crippen LogP contribution is -2.36. The second kappa shape index (κ2) is 40.2. The van der Waals surface area contributed by atoms with Gasteiger partial charge in [0.25, 0.3) is 0 Å². The van der Waals surface area contributed by atoms with Gasteiger partial charge in [-0.1, -0.05) is 131 Å². The van der Waals surface area contributed by atoms with Crippen LogP contribution < -0.4 is 11.4 Å². The summed E-state index contributed by atoms with van der Waals surface area (Å²) in [6.07, 6.45) is 41.2. The minimum atomic E-state index is -5.45. The summed E-state index contributed by atoms with van der Waals surface area (Å²) in [5, 5.41) is 29.7. The quantitative estimate of drug-likeness (QED) is 0.0154. The van der Waals surface area contributed by atoms with Gasteiger partial charge in [-0.3, -0.25) is 23.2 Å². The number of phosphoric ester groups is 2. The van der Waals surface area contributed by atoms with Crippen molar-refractivity contribution in [3.8, 4) is 0 Å². The fraction of sp³-hybridized carbons (Fsp3) is 0.615. The van der Waals surface area contributed by atoms with Crippen LogP contribution >= 0.6 is 15.6 Å². The molecular formula is C52H83N3O16P2. The maximum atomic E-state index is 12.8. The zero-order valence-corrected chi connectivity index (χ0v) is 44.4. The van der Waals surface area contributed by atoms with Crippen molar-refractivity contribution in [2.24, 2.45) is 0 Å². The molecule has 412 valence electrons. The molecule has 2 rings (SSSR count). The van der Waals surface area contributed by atoms with Crippen LogP contribution in [0.15, 0.2) is 102 Å². The van der Waals surface area contributed by atoms with Crippen LogP contribution in [0, 0.1) is 0 Å². The van der Waals surface area contributed by atoms with Gasteiger partial charge < -0.3 is 45.1 Å². The fourth-order valence-corrected chi connectivity index (χ4v) is 9.12. The maximum absolute atomic E-state index is 12.8. The smallest absolute Gasteiger partial charge is 0.462 e. The number of carbonyl (C=O) groups excluding carboxylic acids is 2. The highest BCUT2D eigenvalue weighted by Gasteiger charge is 2.46. The van der Waals surface area contributed by atoms with Crippen molar-refractivity contribution < 1.29 is 71.4 Å². The number of unbranched alkanes of at least 4 members (excludes halogenated alkanes) is 11. The molecule has 19 nitrogen and oxygen atoms in total. The summed E-state index contributed by atoms with van der Waals surface area (Å²) in [5.74, 6) is -1.45. The van der Waals surface area contributed by atoms with E-state index in [-0.39, 0.29) is 25.3 Å². The van der Waals surface area contributed by atoms with Gasteiger partial charge in [0.2, 0.25) is 0 Å². The third-order valence-corrected chi connectivity index (χ3v) is 13.6. The first kappa shape index (κ1) is 65.0. The van der Waals surface area contributed by atoms with Gasteiger partial charge in [-0.15, -0.1) is 0 Å². The van der Waals surface area contributed by atoms with E-state index >= 15 is 0 Å². The Bertz CT molecular complexity index is 2050. The summed E-state index contributed by atoms with van der Waals surface area (Å²) in [7, 11) is -10.9. The average molecular weight is 1070 g/mol. The highest BCUT2D eigenvalue weighted by atomic mass is 31.3. The lowest BCUT2D eigenvalue weighted by Gasteiger charge is -2.21. The predicted molar refractivity (Wildman–Crippen MR) is 281 cm³/mol. The minimum absolute atomic E-state index is 0.0339. The number of rotatable bonds is 42. The first-order valence-corrected chi connectivity index (χ1v) is 28.7. The molecule has 0 spiro atoms. The number of phosphoric acid groups is 2. The molecule has 2 heterocycles. The Kier molecular flexibility index (Phi) is 35.8. The minimum Gasteiger partial charge on any atom is -0.462 e. The molecule has 1 fully saturated rings. The van der Waals surface area contributed by atoms with Crippen LogP contribution in [0.5, 0.6) is 0 Å². The van der Waals surface area contributed by atoms with E-state index in [4.69, 9.17) is 34.1 Å². The molecule has 21 heteroatoms. The molecule has 7 atom stereocenters. The van der Waals surface area contributed by atoms with Crippen LogP contribution in [-0.2, 0) is 46.3 Å². The number of hydrogen-bond donors (Lipinski definition) is 6.